The average molecular weight is 454 g/mol. The van der Waals surface area contributed by atoms with Crippen molar-refractivity contribution in [1.29, 1.82) is 0 Å². The third-order valence-electron chi connectivity index (χ3n) is 6.60. The number of aromatic nitrogens is 2. The third-order valence-corrected chi connectivity index (χ3v) is 6.60. The zero-order chi connectivity index (χ0) is 23.7. The Morgan fingerprint density at radius 2 is 1.79 bits per heavy atom. The Morgan fingerprint density at radius 3 is 2.62 bits per heavy atom. The molecule has 0 bridgehead atoms. The summed E-state index contributed by atoms with van der Waals surface area (Å²) < 4.78 is 8.27. The molecule has 0 saturated carbocycles. The molecule has 34 heavy (non-hydrogen) atoms. The van der Waals surface area contributed by atoms with E-state index in [1.165, 1.54) is 11.1 Å². The van der Waals surface area contributed by atoms with Crippen molar-refractivity contribution in [1.82, 2.24) is 9.55 Å². The van der Waals surface area contributed by atoms with Gasteiger partial charge in [0.05, 0.1) is 17.6 Å². The molecule has 5 heteroatoms. The van der Waals surface area contributed by atoms with Crippen molar-refractivity contribution in [3.8, 4) is 5.75 Å². The van der Waals surface area contributed by atoms with Gasteiger partial charge in [0.1, 0.15) is 11.6 Å². The van der Waals surface area contributed by atoms with Gasteiger partial charge in [-0.3, -0.25) is 4.79 Å². The molecule has 1 fully saturated rings. The van der Waals surface area contributed by atoms with E-state index >= 15 is 0 Å². The van der Waals surface area contributed by atoms with Gasteiger partial charge in [0, 0.05) is 31.1 Å². The second-order valence-corrected chi connectivity index (χ2v) is 9.32. The monoisotopic (exact) mass is 453 g/mol. The van der Waals surface area contributed by atoms with E-state index in [1.807, 2.05) is 23.1 Å². The van der Waals surface area contributed by atoms with Crippen LogP contribution < -0.4 is 9.64 Å². The first-order valence-corrected chi connectivity index (χ1v) is 12.0. The van der Waals surface area contributed by atoms with Gasteiger partial charge in [-0.25, -0.2) is 4.98 Å². The largest absolute Gasteiger partial charge is 0.494 e. The number of ether oxygens (including phenoxy) is 1. The first-order valence-electron chi connectivity index (χ1n) is 12.0. The zero-order valence-electron chi connectivity index (χ0n) is 20.1. The molecule has 1 saturated heterocycles. The number of fused-ring (bicyclic) bond motifs is 1. The maximum Gasteiger partial charge on any atom is 0.227 e. The quantitative estimate of drug-likeness (QED) is 0.325. The lowest BCUT2D eigenvalue weighted by atomic mass is 10.1. The van der Waals surface area contributed by atoms with E-state index in [4.69, 9.17) is 9.72 Å². The van der Waals surface area contributed by atoms with Crippen LogP contribution >= 0.6 is 0 Å². The van der Waals surface area contributed by atoms with Crippen LogP contribution in [0.15, 0.2) is 66.7 Å². The first-order chi connectivity index (χ1) is 16.5. The second kappa shape index (κ2) is 9.34. The van der Waals surface area contributed by atoms with Crippen LogP contribution in [-0.4, -0.2) is 28.6 Å². The van der Waals surface area contributed by atoms with Crippen LogP contribution in [-0.2, 0) is 11.3 Å². The molecular formula is C29H31N3O2. The molecule has 0 N–H and O–H groups in total. The smallest absolute Gasteiger partial charge is 0.227 e. The number of hydrogen-bond acceptors (Lipinski definition) is 3. The number of nitrogens with zero attached hydrogens (tertiary/aromatic N) is 3. The van der Waals surface area contributed by atoms with Gasteiger partial charge in [-0.1, -0.05) is 42.0 Å². The highest BCUT2D eigenvalue weighted by atomic mass is 16.5. The highest BCUT2D eigenvalue weighted by Gasteiger charge is 2.35. The Kier molecular flexibility index (Phi) is 6.10. The number of aryl methyl sites for hydroxylation is 4. The molecule has 0 radical (unpaired) electrons. The lowest BCUT2D eigenvalue weighted by Gasteiger charge is -2.20. The standard InChI is InChI=1S/C29H31N3O2/c1-20-8-6-9-24(17-20)34-15-7-14-31-27-11-5-4-10-25(27)30-29(31)23-18-28(33)32(19-23)26-13-12-21(2)16-22(26)3/h4-6,8-13,16-17,23H,7,14-15,18-19H2,1-3H3/t23-/m0/s1. The number of amides is 1. The summed E-state index contributed by atoms with van der Waals surface area (Å²) in [5.74, 6) is 2.13. The molecule has 3 aromatic carbocycles. The highest BCUT2D eigenvalue weighted by Crippen LogP contribution is 2.34. The van der Waals surface area contributed by atoms with Crippen molar-refractivity contribution in [2.45, 2.75) is 46.1 Å². The van der Waals surface area contributed by atoms with Gasteiger partial charge >= 0.3 is 0 Å². The van der Waals surface area contributed by atoms with Crippen LogP contribution in [0, 0.1) is 20.8 Å². The molecule has 4 aromatic rings. The lowest BCUT2D eigenvalue weighted by Crippen LogP contribution is -2.25. The molecule has 5 nitrogen and oxygen atoms in total. The Hall–Kier alpha value is -3.60. The Bertz CT molecular complexity index is 1340. The molecule has 2 heterocycles. The highest BCUT2D eigenvalue weighted by molar-refractivity contribution is 5.97. The minimum absolute atomic E-state index is 0.0679. The van der Waals surface area contributed by atoms with Crippen LogP contribution in [0.4, 0.5) is 5.69 Å². The second-order valence-electron chi connectivity index (χ2n) is 9.32. The van der Waals surface area contributed by atoms with Crippen LogP contribution in [0.25, 0.3) is 11.0 Å². The third kappa shape index (κ3) is 4.43. The van der Waals surface area contributed by atoms with Crippen molar-refractivity contribution < 1.29 is 9.53 Å². The summed E-state index contributed by atoms with van der Waals surface area (Å²) in [4.78, 5) is 20.0. The summed E-state index contributed by atoms with van der Waals surface area (Å²) in [6.45, 7) is 8.32. The molecule has 0 unspecified atom stereocenters. The fourth-order valence-electron chi connectivity index (χ4n) is 4.98. The average Bonchev–Trinajstić information content (AvgIpc) is 3.37. The Labute approximate surface area is 201 Å². The molecule has 1 aliphatic rings. The van der Waals surface area contributed by atoms with Crippen molar-refractivity contribution in [2.75, 3.05) is 18.1 Å². The predicted octanol–water partition coefficient (Wildman–Crippen LogP) is 5.95. The van der Waals surface area contributed by atoms with Gasteiger partial charge in [-0.05, 0) is 68.7 Å². The molecule has 1 atom stereocenters. The first kappa shape index (κ1) is 22.2. The SMILES string of the molecule is Cc1cccc(OCCCn2c([C@H]3CC(=O)N(c4ccc(C)cc4C)C3)nc3ccccc32)c1. The minimum atomic E-state index is 0.0679. The van der Waals surface area contributed by atoms with Crippen LogP contribution in [0.2, 0.25) is 0 Å². The van der Waals surface area contributed by atoms with Crippen molar-refractivity contribution in [3.05, 3.63) is 89.2 Å². The van der Waals surface area contributed by atoms with E-state index in [1.54, 1.807) is 0 Å². The van der Waals surface area contributed by atoms with Crippen molar-refractivity contribution in [3.63, 3.8) is 0 Å². The fourth-order valence-corrected chi connectivity index (χ4v) is 4.98. The van der Waals surface area contributed by atoms with Gasteiger partial charge in [0.2, 0.25) is 5.91 Å². The topological polar surface area (TPSA) is 47.4 Å². The molecule has 1 aromatic heterocycles. The van der Waals surface area contributed by atoms with E-state index in [0.717, 1.165) is 46.8 Å². The van der Waals surface area contributed by atoms with Gasteiger partial charge in [0.15, 0.2) is 0 Å². The number of para-hydroxylation sites is 2. The van der Waals surface area contributed by atoms with Gasteiger partial charge < -0.3 is 14.2 Å². The van der Waals surface area contributed by atoms with E-state index in [2.05, 4.69) is 73.9 Å². The van der Waals surface area contributed by atoms with Crippen LogP contribution in [0.5, 0.6) is 5.75 Å². The molecule has 5 rings (SSSR count). The Balaban J connectivity index is 1.36. The predicted molar refractivity (Wildman–Crippen MR) is 137 cm³/mol. The number of imidazole rings is 1. The number of anilines is 1. The van der Waals surface area contributed by atoms with E-state index in [9.17, 15) is 4.79 Å². The molecule has 0 spiro atoms. The van der Waals surface area contributed by atoms with Gasteiger partial charge in [-0.2, -0.15) is 0 Å². The van der Waals surface area contributed by atoms with Gasteiger partial charge in [-0.15, -0.1) is 0 Å². The lowest BCUT2D eigenvalue weighted by molar-refractivity contribution is -0.117. The molecule has 0 aliphatic carbocycles. The summed E-state index contributed by atoms with van der Waals surface area (Å²) in [6.07, 6.45) is 1.35. The van der Waals surface area contributed by atoms with Gasteiger partial charge in [0.25, 0.3) is 0 Å². The Morgan fingerprint density at radius 1 is 0.971 bits per heavy atom. The minimum Gasteiger partial charge on any atom is -0.494 e. The van der Waals surface area contributed by atoms with Crippen molar-refractivity contribution in [2.24, 2.45) is 0 Å². The summed E-state index contributed by atoms with van der Waals surface area (Å²) in [6, 6.07) is 22.7. The number of carbonyl (C=O) groups excluding carboxylic acids is 1. The maximum absolute atomic E-state index is 13.0. The summed E-state index contributed by atoms with van der Waals surface area (Å²) >= 11 is 0. The number of benzene rings is 3. The molecular weight excluding hydrogens is 422 g/mol. The maximum atomic E-state index is 13.0. The number of rotatable bonds is 7. The number of carbonyl (C=O) groups is 1. The normalized spacial score (nSPS) is 15.9. The molecule has 1 amide bonds. The van der Waals surface area contributed by atoms with E-state index in [-0.39, 0.29) is 11.8 Å². The number of hydrogen-bond donors (Lipinski definition) is 0. The fraction of sp³-hybridized carbons (Fsp3) is 0.310. The molecule has 1 aliphatic heterocycles. The zero-order valence-corrected chi connectivity index (χ0v) is 20.1. The molecule has 174 valence electrons. The van der Waals surface area contributed by atoms with Crippen molar-refractivity contribution >= 4 is 22.6 Å². The summed E-state index contributed by atoms with van der Waals surface area (Å²) in [7, 11) is 0. The van der Waals surface area contributed by atoms with Crippen LogP contribution in [0.3, 0.4) is 0 Å². The van der Waals surface area contributed by atoms with E-state index < -0.39 is 0 Å². The summed E-state index contributed by atoms with van der Waals surface area (Å²) in [5, 5.41) is 0. The summed E-state index contributed by atoms with van der Waals surface area (Å²) in [5.41, 5.74) is 6.64. The van der Waals surface area contributed by atoms with E-state index in [0.29, 0.717) is 19.6 Å². The van der Waals surface area contributed by atoms with Crippen LogP contribution in [0.1, 0.15) is 41.3 Å².